The van der Waals surface area contributed by atoms with Gasteiger partial charge in [-0.25, -0.2) is 14.4 Å². The van der Waals surface area contributed by atoms with Crippen molar-refractivity contribution in [3.63, 3.8) is 0 Å². The van der Waals surface area contributed by atoms with Gasteiger partial charge < -0.3 is 4.74 Å². The van der Waals surface area contributed by atoms with E-state index in [2.05, 4.69) is 18.0 Å². The first-order chi connectivity index (χ1) is 18.2. The molecule has 4 atom stereocenters. The number of fused-ring (bicyclic) bond motifs is 6. The molecular formula is C31H25FN4O2. The van der Waals surface area contributed by atoms with Crippen molar-refractivity contribution in [1.82, 2.24) is 15.0 Å². The Labute approximate surface area is 219 Å². The molecule has 188 valence electrons. The van der Waals surface area contributed by atoms with Gasteiger partial charge in [-0.1, -0.05) is 51.1 Å². The first-order valence-electron chi connectivity index (χ1n) is 12.9. The van der Waals surface area contributed by atoms with Crippen molar-refractivity contribution in [1.29, 1.82) is 5.26 Å². The Morgan fingerprint density at radius 2 is 1.79 bits per heavy atom. The van der Waals surface area contributed by atoms with Gasteiger partial charge in [-0.3, -0.25) is 9.78 Å². The number of rotatable bonds is 2. The molecule has 0 amide bonds. The van der Waals surface area contributed by atoms with Crippen LogP contribution >= 0.6 is 0 Å². The molecule has 0 unspecified atom stereocenters. The number of carbonyl (C=O) groups is 1. The van der Waals surface area contributed by atoms with Gasteiger partial charge in [0.15, 0.2) is 11.6 Å². The van der Waals surface area contributed by atoms with E-state index < -0.39 is 22.5 Å². The van der Waals surface area contributed by atoms with Crippen LogP contribution < -0.4 is 0 Å². The number of carbonyl (C=O) groups excluding carboxylic acids is 1. The minimum absolute atomic E-state index is 0.102. The molecule has 0 bridgehead atoms. The molecule has 1 aliphatic heterocycles. The lowest BCUT2D eigenvalue weighted by molar-refractivity contribution is -0.137. The Morgan fingerprint density at radius 1 is 1.03 bits per heavy atom. The minimum Gasteiger partial charge on any atom is -0.342 e. The molecule has 2 aliphatic carbocycles. The second kappa shape index (κ2) is 7.52. The third kappa shape index (κ3) is 2.79. The third-order valence-corrected chi connectivity index (χ3v) is 9.06. The van der Waals surface area contributed by atoms with Gasteiger partial charge in [-0.2, -0.15) is 5.26 Å². The van der Waals surface area contributed by atoms with Gasteiger partial charge in [0, 0.05) is 39.1 Å². The summed E-state index contributed by atoms with van der Waals surface area (Å²) in [7, 11) is 0. The lowest BCUT2D eigenvalue weighted by Gasteiger charge is -2.51. The number of benzene rings is 2. The molecule has 2 aromatic heterocycles. The van der Waals surface area contributed by atoms with Gasteiger partial charge in [0.1, 0.15) is 18.0 Å². The molecule has 0 spiro atoms. The summed E-state index contributed by atoms with van der Waals surface area (Å²) < 4.78 is 21.3. The number of nitrogens with zero attached hydrogens (tertiary/aromatic N) is 4. The molecule has 1 saturated carbocycles. The number of nitriles is 1. The number of para-hydroxylation sites is 1. The molecule has 2 fully saturated rings. The molecule has 4 aromatic rings. The van der Waals surface area contributed by atoms with Gasteiger partial charge in [-0.05, 0) is 43.0 Å². The number of aromatic nitrogens is 3. The summed E-state index contributed by atoms with van der Waals surface area (Å²) in [5, 5.41) is 11.0. The Morgan fingerprint density at radius 3 is 2.58 bits per heavy atom. The number of halogens is 1. The van der Waals surface area contributed by atoms with Crippen LogP contribution in [0.2, 0.25) is 0 Å². The second-order valence-electron chi connectivity index (χ2n) is 11.3. The van der Waals surface area contributed by atoms with E-state index in [-0.39, 0.29) is 17.5 Å². The van der Waals surface area contributed by atoms with E-state index in [9.17, 15) is 10.1 Å². The zero-order valence-corrected chi connectivity index (χ0v) is 21.3. The second-order valence-corrected chi connectivity index (χ2v) is 11.3. The summed E-state index contributed by atoms with van der Waals surface area (Å²) in [5.41, 5.74) is 1.13. The maximum atomic E-state index is 15.3. The molecular weight excluding hydrogens is 479 g/mol. The SMILES string of the molecule is CC1(C)C(=O)[C@@]2(C#N)O[C@H]2[C@@]2(C)c3nc(-c4ccnc5ccccc45)nc(-c4ccccc4F)c3CC[C@H]12. The first-order valence-corrected chi connectivity index (χ1v) is 12.9. The molecule has 3 aliphatic rings. The van der Waals surface area contributed by atoms with Crippen molar-refractivity contribution in [2.45, 2.75) is 50.7 Å². The van der Waals surface area contributed by atoms with E-state index in [4.69, 9.17) is 14.7 Å². The molecule has 0 radical (unpaired) electrons. The fourth-order valence-electron chi connectivity index (χ4n) is 7.27. The molecule has 6 nitrogen and oxygen atoms in total. The van der Waals surface area contributed by atoms with Crippen LogP contribution in [0.5, 0.6) is 0 Å². The minimum atomic E-state index is -1.48. The van der Waals surface area contributed by atoms with E-state index in [0.717, 1.165) is 27.7 Å². The van der Waals surface area contributed by atoms with Crippen LogP contribution in [0.15, 0.2) is 60.8 Å². The molecule has 38 heavy (non-hydrogen) atoms. The predicted octanol–water partition coefficient (Wildman–Crippen LogP) is 5.59. The van der Waals surface area contributed by atoms with Gasteiger partial charge in [0.2, 0.25) is 5.60 Å². The summed E-state index contributed by atoms with van der Waals surface area (Å²) in [6.07, 6.45) is 2.39. The molecule has 3 heterocycles. The van der Waals surface area contributed by atoms with Crippen LogP contribution in [0.4, 0.5) is 4.39 Å². The Balaban J connectivity index is 1.55. The molecule has 1 saturated heterocycles. The fourth-order valence-corrected chi connectivity index (χ4v) is 7.27. The molecule has 7 rings (SSSR count). The van der Waals surface area contributed by atoms with Crippen molar-refractivity contribution < 1.29 is 13.9 Å². The maximum Gasteiger partial charge on any atom is 0.240 e. The summed E-state index contributed by atoms with van der Waals surface area (Å²) in [6, 6.07) is 18.5. The van der Waals surface area contributed by atoms with E-state index in [1.54, 1.807) is 24.4 Å². The average Bonchev–Trinajstić information content (AvgIpc) is 3.69. The van der Waals surface area contributed by atoms with E-state index in [1.807, 2.05) is 44.2 Å². The standard InChI is InChI=1S/C31H25FN4O2/c1-29(2)23-13-12-20-24(19-9-4-6-10-21(19)32)35-26(18-14-15-34-22-11-7-5-8-17(18)22)36-25(20)30(23,3)28-31(16-33,38-28)27(29)37/h4-11,14-15,23,28H,12-13H2,1-3H3/t23-,28+,30-,31-/m1/s1. The van der Waals surface area contributed by atoms with Crippen molar-refractivity contribution in [3.8, 4) is 28.7 Å². The molecule has 2 aromatic carbocycles. The zero-order chi connectivity index (χ0) is 26.4. The predicted molar refractivity (Wildman–Crippen MR) is 139 cm³/mol. The van der Waals surface area contributed by atoms with Gasteiger partial charge in [-0.15, -0.1) is 0 Å². The topological polar surface area (TPSA) is 92.1 Å². The van der Waals surface area contributed by atoms with Crippen molar-refractivity contribution in [2.75, 3.05) is 0 Å². The lowest BCUT2D eigenvalue weighted by atomic mass is 9.49. The Kier molecular flexibility index (Phi) is 4.57. The van der Waals surface area contributed by atoms with Crippen LogP contribution in [0.25, 0.3) is 33.5 Å². The number of ketones is 1. The smallest absolute Gasteiger partial charge is 0.240 e. The normalized spacial score (nSPS) is 28.7. The first kappa shape index (κ1) is 23.1. The largest absolute Gasteiger partial charge is 0.342 e. The van der Waals surface area contributed by atoms with Crippen LogP contribution in [0, 0.1) is 28.5 Å². The van der Waals surface area contributed by atoms with E-state index in [0.29, 0.717) is 29.9 Å². The Hall–Kier alpha value is -4.02. The van der Waals surface area contributed by atoms with Crippen LogP contribution in [-0.4, -0.2) is 32.4 Å². The van der Waals surface area contributed by atoms with Gasteiger partial charge in [0.05, 0.1) is 16.9 Å². The summed E-state index contributed by atoms with van der Waals surface area (Å²) in [6.45, 7) is 5.88. The summed E-state index contributed by atoms with van der Waals surface area (Å²) >= 11 is 0. The average molecular weight is 505 g/mol. The highest BCUT2D eigenvalue weighted by Gasteiger charge is 2.80. The lowest BCUT2D eigenvalue weighted by Crippen LogP contribution is -2.60. The quantitative estimate of drug-likeness (QED) is 0.331. The molecule has 7 heteroatoms. The van der Waals surface area contributed by atoms with E-state index in [1.165, 1.54) is 6.07 Å². The summed E-state index contributed by atoms with van der Waals surface area (Å²) in [4.78, 5) is 28.1. The summed E-state index contributed by atoms with van der Waals surface area (Å²) in [5.74, 6) is -0.165. The highest BCUT2D eigenvalue weighted by atomic mass is 19.1. The maximum absolute atomic E-state index is 15.3. The number of hydrogen-bond acceptors (Lipinski definition) is 6. The fraction of sp³-hybridized carbons (Fsp3) is 0.323. The zero-order valence-electron chi connectivity index (χ0n) is 21.3. The van der Waals surface area contributed by atoms with E-state index >= 15 is 4.39 Å². The van der Waals surface area contributed by atoms with Crippen molar-refractivity contribution in [2.24, 2.45) is 11.3 Å². The highest BCUT2D eigenvalue weighted by molar-refractivity contribution is 6.00. The highest BCUT2D eigenvalue weighted by Crippen LogP contribution is 2.66. The number of hydrogen-bond donors (Lipinski definition) is 0. The van der Waals surface area contributed by atoms with Crippen molar-refractivity contribution >= 4 is 16.7 Å². The van der Waals surface area contributed by atoms with Crippen LogP contribution in [0.3, 0.4) is 0 Å². The number of ether oxygens (including phenoxy) is 1. The Bertz CT molecular complexity index is 1720. The van der Waals surface area contributed by atoms with Crippen molar-refractivity contribution in [3.05, 3.63) is 77.9 Å². The third-order valence-electron chi connectivity index (χ3n) is 9.06. The monoisotopic (exact) mass is 504 g/mol. The number of pyridine rings is 1. The molecule has 0 N–H and O–H groups in total. The number of Topliss-reactive ketones (excluding diaryl/α,β-unsaturated/α-hetero) is 1. The van der Waals surface area contributed by atoms with Gasteiger partial charge in [0.25, 0.3) is 0 Å². The van der Waals surface area contributed by atoms with Gasteiger partial charge >= 0.3 is 0 Å². The van der Waals surface area contributed by atoms with Crippen LogP contribution in [-0.2, 0) is 21.4 Å². The van der Waals surface area contributed by atoms with Crippen LogP contribution in [0.1, 0.15) is 38.4 Å². The number of epoxide rings is 1.